The minimum atomic E-state index is -0.137. The van der Waals surface area contributed by atoms with E-state index in [4.69, 9.17) is 4.74 Å². The van der Waals surface area contributed by atoms with Gasteiger partial charge in [-0.25, -0.2) is 4.39 Å². The van der Waals surface area contributed by atoms with Crippen molar-refractivity contribution in [2.45, 2.75) is 13.2 Å². The third-order valence-electron chi connectivity index (χ3n) is 5.14. The van der Waals surface area contributed by atoms with Crippen molar-refractivity contribution in [3.8, 4) is 5.75 Å². The molecule has 0 radical (unpaired) electrons. The standard InChI is InChI=1S/C24H25FN2O/c25-23-8-4-5-9-24(23)27-16-14-26(15-17-27)18-20-10-12-22(13-11-20)28-19-21-6-2-1-3-7-21/h1-13H,14-19H2. The SMILES string of the molecule is Fc1ccccc1N1CCN(Cc2ccc(OCc3ccccc3)cc2)CC1. The van der Waals surface area contributed by atoms with Crippen molar-refractivity contribution in [3.63, 3.8) is 0 Å². The van der Waals surface area contributed by atoms with Gasteiger partial charge in [0.25, 0.3) is 0 Å². The quantitative estimate of drug-likeness (QED) is 0.619. The maximum absolute atomic E-state index is 14.0. The Balaban J connectivity index is 1.27. The van der Waals surface area contributed by atoms with Gasteiger partial charge in [-0.05, 0) is 35.4 Å². The molecule has 1 aliphatic rings. The summed E-state index contributed by atoms with van der Waals surface area (Å²) >= 11 is 0. The highest BCUT2D eigenvalue weighted by Gasteiger charge is 2.19. The van der Waals surface area contributed by atoms with Gasteiger partial charge in [0.2, 0.25) is 0 Å². The lowest BCUT2D eigenvalue weighted by atomic mass is 10.1. The fourth-order valence-corrected chi connectivity index (χ4v) is 3.55. The normalized spacial score (nSPS) is 14.8. The van der Waals surface area contributed by atoms with E-state index in [0.29, 0.717) is 12.3 Å². The lowest BCUT2D eigenvalue weighted by Gasteiger charge is -2.36. The number of rotatable bonds is 6. The number of nitrogens with zero attached hydrogens (tertiary/aromatic N) is 2. The molecule has 0 bridgehead atoms. The Hall–Kier alpha value is -2.85. The summed E-state index contributed by atoms with van der Waals surface area (Å²) in [5, 5.41) is 0. The van der Waals surface area contributed by atoms with Crippen LogP contribution < -0.4 is 9.64 Å². The van der Waals surface area contributed by atoms with E-state index in [0.717, 1.165) is 38.5 Å². The number of halogens is 1. The molecule has 0 N–H and O–H groups in total. The molecule has 1 fully saturated rings. The zero-order valence-electron chi connectivity index (χ0n) is 15.9. The maximum atomic E-state index is 14.0. The Kier molecular flexibility index (Phi) is 5.88. The number of benzene rings is 3. The molecule has 4 heteroatoms. The largest absolute Gasteiger partial charge is 0.489 e. The highest BCUT2D eigenvalue weighted by Crippen LogP contribution is 2.21. The molecule has 3 aromatic rings. The van der Waals surface area contributed by atoms with E-state index >= 15 is 0 Å². The molecule has 144 valence electrons. The van der Waals surface area contributed by atoms with Gasteiger partial charge in [-0.3, -0.25) is 4.90 Å². The van der Waals surface area contributed by atoms with Crippen LogP contribution in [-0.2, 0) is 13.2 Å². The van der Waals surface area contributed by atoms with Crippen molar-refractivity contribution < 1.29 is 9.13 Å². The first-order valence-electron chi connectivity index (χ1n) is 9.75. The monoisotopic (exact) mass is 376 g/mol. The molecule has 0 unspecified atom stereocenters. The Morgan fingerprint density at radius 2 is 1.39 bits per heavy atom. The predicted molar refractivity (Wildman–Crippen MR) is 111 cm³/mol. The molecule has 3 aromatic carbocycles. The Labute approximate surface area is 166 Å². The molecule has 4 rings (SSSR count). The summed E-state index contributed by atoms with van der Waals surface area (Å²) < 4.78 is 19.8. The van der Waals surface area contributed by atoms with Gasteiger partial charge >= 0.3 is 0 Å². The van der Waals surface area contributed by atoms with E-state index in [1.165, 1.54) is 17.2 Å². The molecule has 1 aliphatic heterocycles. The topological polar surface area (TPSA) is 15.7 Å². The molecule has 0 amide bonds. The van der Waals surface area contributed by atoms with Crippen LogP contribution in [-0.4, -0.2) is 31.1 Å². The van der Waals surface area contributed by atoms with Crippen LogP contribution in [0.2, 0.25) is 0 Å². The average Bonchev–Trinajstić information content (AvgIpc) is 2.75. The van der Waals surface area contributed by atoms with Crippen molar-refractivity contribution in [2.24, 2.45) is 0 Å². The molecule has 0 atom stereocenters. The first-order chi connectivity index (χ1) is 13.8. The molecule has 0 aliphatic carbocycles. The lowest BCUT2D eigenvalue weighted by Crippen LogP contribution is -2.46. The van der Waals surface area contributed by atoms with Crippen molar-refractivity contribution in [3.05, 3.63) is 95.8 Å². The van der Waals surface area contributed by atoms with E-state index in [2.05, 4.69) is 34.1 Å². The Bertz CT molecular complexity index is 875. The number of para-hydroxylation sites is 1. The van der Waals surface area contributed by atoms with Crippen LogP contribution >= 0.6 is 0 Å². The van der Waals surface area contributed by atoms with Gasteiger partial charge in [0.1, 0.15) is 18.2 Å². The highest BCUT2D eigenvalue weighted by atomic mass is 19.1. The van der Waals surface area contributed by atoms with E-state index in [-0.39, 0.29) is 5.82 Å². The summed E-state index contributed by atoms with van der Waals surface area (Å²) in [7, 11) is 0. The Morgan fingerprint density at radius 1 is 0.714 bits per heavy atom. The summed E-state index contributed by atoms with van der Waals surface area (Å²) in [6, 6.07) is 25.5. The first kappa shape index (κ1) is 18.5. The molecule has 0 saturated carbocycles. The van der Waals surface area contributed by atoms with Gasteiger partial charge in [-0.2, -0.15) is 0 Å². The van der Waals surface area contributed by atoms with E-state index < -0.39 is 0 Å². The third kappa shape index (κ3) is 4.70. The van der Waals surface area contributed by atoms with Crippen LogP contribution in [0.25, 0.3) is 0 Å². The van der Waals surface area contributed by atoms with E-state index in [1.54, 1.807) is 6.07 Å². The van der Waals surface area contributed by atoms with Crippen LogP contribution in [0.4, 0.5) is 10.1 Å². The molecule has 3 nitrogen and oxygen atoms in total. The molecule has 0 aromatic heterocycles. The number of piperazine rings is 1. The summed E-state index contributed by atoms with van der Waals surface area (Å²) in [5.74, 6) is 0.749. The van der Waals surface area contributed by atoms with Crippen LogP contribution in [0.3, 0.4) is 0 Å². The van der Waals surface area contributed by atoms with Crippen molar-refractivity contribution >= 4 is 5.69 Å². The van der Waals surface area contributed by atoms with Gasteiger partial charge < -0.3 is 9.64 Å². The molecule has 1 heterocycles. The van der Waals surface area contributed by atoms with Crippen LogP contribution in [0.15, 0.2) is 78.9 Å². The van der Waals surface area contributed by atoms with Crippen molar-refractivity contribution in [2.75, 3.05) is 31.1 Å². The van der Waals surface area contributed by atoms with E-state index in [1.807, 2.05) is 42.5 Å². The van der Waals surface area contributed by atoms with Gasteiger partial charge in [0.15, 0.2) is 0 Å². The highest BCUT2D eigenvalue weighted by molar-refractivity contribution is 5.48. The molecular formula is C24H25FN2O. The first-order valence-corrected chi connectivity index (χ1v) is 9.75. The summed E-state index contributed by atoms with van der Waals surface area (Å²) in [5.41, 5.74) is 3.15. The van der Waals surface area contributed by atoms with Crippen molar-refractivity contribution in [1.29, 1.82) is 0 Å². The smallest absolute Gasteiger partial charge is 0.146 e. The lowest BCUT2D eigenvalue weighted by molar-refractivity contribution is 0.249. The predicted octanol–water partition coefficient (Wildman–Crippen LogP) is 4.73. The molecule has 0 spiro atoms. The van der Waals surface area contributed by atoms with Crippen molar-refractivity contribution in [1.82, 2.24) is 4.90 Å². The minimum Gasteiger partial charge on any atom is -0.489 e. The second kappa shape index (κ2) is 8.89. The summed E-state index contributed by atoms with van der Waals surface area (Å²) in [6.07, 6.45) is 0. The fraction of sp³-hybridized carbons (Fsp3) is 0.250. The minimum absolute atomic E-state index is 0.137. The molecule has 28 heavy (non-hydrogen) atoms. The molecular weight excluding hydrogens is 351 g/mol. The molecule has 1 saturated heterocycles. The number of anilines is 1. The van der Waals surface area contributed by atoms with Gasteiger partial charge in [-0.1, -0.05) is 54.6 Å². The second-order valence-corrected chi connectivity index (χ2v) is 7.13. The van der Waals surface area contributed by atoms with Crippen LogP contribution in [0, 0.1) is 5.82 Å². The second-order valence-electron chi connectivity index (χ2n) is 7.13. The van der Waals surface area contributed by atoms with Crippen LogP contribution in [0.5, 0.6) is 5.75 Å². The van der Waals surface area contributed by atoms with Crippen LogP contribution in [0.1, 0.15) is 11.1 Å². The summed E-state index contributed by atoms with van der Waals surface area (Å²) in [4.78, 5) is 4.55. The third-order valence-corrected chi connectivity index (χ3v) is 5.14. The number of hydrogen-bond acceptors (Lipinski definition) is 3. The number of ether oxygens (including phenoxy) is 1. The average molecular weight is 376 g/mol. The zero-order valence-corrected chi connectivity index (χ0v) is 15.9. The van der Waals surface area contributed by atoms with Gasteiger partial charge in [-0.15, -0.1) is 0 Å². The van der Waals surface area contributed by atoms with Gasteiger partial charge in [0, 0.05) is 32.7 Å². The number of hydrogen-bond donors (Lipinski definition) is 0. The van der Waals surface area contributed by atoms with Gasteiger partial charge in [0.05, 0.1) is 5.69 Å². The zero-order chi connectivity index (χ0) is 19.2. The Morgan fingerprint density at radius 3 is 2.11 bits per heavy atom. The van der Waals surface area contributed by atoms with E-state index in [9.17, 15) is 4.39 Å². The fourth-order valence-electron chi connectivity index (χ4n) is 3.55. The maximum Gasteiger partial charge on any atom is 0.146 e. The summed E-state index contributed by atoms with van der Waals surface area (Å²) in [6.45, 7) is 5.04.